The molecule has 144 valence electrons. The van der Waals surface area contributed by atoms with Gasteiger partial charge in [-0.05, 0) is 43.5 Å². The third-order valence-corrected chi connectivity index (χ3v) is 5.36. The topological polar surface area (TPSA) is 67.6 Å². The van der Waals surface area contributed by atoms with E-state index < -0.39 is 0 Å². The second-order valence-corrected chi connectivity index (χ2v) is 7.17. The number of nitrogens with zero attached hydrogens (tertiary/aromatic N) is 4. The molecular weight excluding hydrogens is 344 g/mol. The number of anilines is 1. The standard InChI is InChI=1S/C20H26N4O3/c1-14-6-7-16(12-15(14)2)19(26)24-9-5-8-23(10-11-24)17-13-18(25)22(4)20(27)21(17)3/h6-7,12-13H,5,8-11H2,1-4H3. The zero-order chi connectivity index (χ0) is 19.7. The Kier molecular flexibility index (Phi) is 5.21. The highest BCUT2D eigenvalue weighted by Crippen LogP contribution is 2.16. The van der Waals surface area contributed by atoms with E-state index in [-0.39, 0.29) is 17.2 Å². The molecule has 0 N–H and O–H groups in total. The van der Waals surface area contributed by atoms with Crippen LogP contribution in [-0.4, -0.2) is 46.1 Å². The van der Waals surface area contributed by atoms with Crippen molar-refractivity contribution in [2.75, 3.05) is 31.1 Å². The summed E-state index contributed by atoms with van der Waals surface area (Å²) in [5.74, 6) is 0.626. The van der Waals surface area contributed by atoms with E-state index >= 15 is 0 Å². The Balaban J connectivity index is 1.80. The van der Waals surface area contributed by atoms with Crippen LogP contribution in [0.15, 0.2) is 33.9 Å². The lowest BCUT2D eigenvalue weighted by Crippen LogP contribution is -2.41. The minimum atomic E-state index is -0.343. The molecule has 0 aliphatic carbocycles. The first kappa shape index (κ1) is 18.9. The predicted molar refractivity (Wildman–Crippen MR) is 106 cm³/mol. The Morgan fingerprint density at radius 1 is 0.889 bits per heavy atom. The zero-order valence-electron chi connectivity index (χ0n) is 16.4. The Morgan fingerprint density at radius 2 is 1.63 bits per heavy atom. The molecule has 27 heavy (non-hydrogen) atoms. The highest BCUT2D eigenvalue weighted by Gasteiger charge is 2.22. The van der Waals surface area contributed by atoms with Crippen LogP contribution in [0.3, 0.4) is 0 Å². The van der Waals surface area contributed by atoms with Gasteiger partial charge in [-0.25, -0.2) is 4.79 Å². The smallest absolute Gasteiger partial charge is 0.332 e. The normalized spacial score (nSPS) is 15.0. The maximum atomic E-state index is 12.9. The first-order valence-electron chi connectivity index (χ1n) is 9.18. The number of carbonyl (C=O) groups is 1. The summed E-state index contributed by atoms with van der Waals surface area (Å²) >= 11 is 0. The van der Waals surface area contributed by atoms with E-state index in [0.29, 0.717) is 37.6 Å². The summed E-state index contributed by atoms with van der Waals surface area (Å²) in [7, 11) is 3.14. The van der Waals surface area contributed by atoms with Crippen LogP contribution in [0.25, 0.3) is 0 Å². The summed E-state index contributed by atoms with van der Waals surface area (Å²) in [5.41, 5.74) is 2.31. The van der Waals surface area contributed by atoms with Gasteiger partial charge >= 0.3 is 5.69 Å². The highest BCUT2D eigenvalue weighted by molar-refractivity contribution is 5.94. The number of hydrogen-bond donors (Lipinski definition) is 0. The average Bonchev–Trinajstić information content (AvgIpc) is 2.90. The van der Waals surface area contributed by atoms with E-state index in [1.807, 2.05) is 41.8 Å². The second kappa shape index (κ2) is 7.42. The Morgan fingerprint density at radius 3 is 2.33 bits per heavy atom. The molecule has 1 aromatic carbocycles. The summed E-state index contributed by atoms with van der Waals surface area (Å²) in [6.45, 7) is 6.51. The predicted octanol–water partition coefficient (Wildman–Crippen LogP) is 1.05. The Bertz CT molecular complexity index is 990. The van der Waals surface area contributed by atoms with Crippen LogP contribution in [0, 0.1) is 13.8 Å². The SMILES string of the molecule is Cc1ccc(C(=O)N2CCCN(c3cc(=O)n(C)c(=O)n3C)CC2)cc1C. The fraction of sp³-hybridized carbons (Fsp3) is 0.450. The number of amides is 1. The van der Waals surface area contributed by atoms with E-state index in [4.69, 9.17) is 0 Å². The summed E-state index contributed by atoms with van der Waals surface area (Å²) in [5, 5.41) is 0. The first-order valence-corrected chi connectivity index (χ1v) is 9.18. The molecular formula is C20H26N4O3. The van der Waals surface area contributed by atoms with E-state index in [0.717, 1.165) is 16.6 Å². The number of benzene rings is 1. The van der Waals surface area contributed by atoms with Crippen LogP contribution < -0.4 is 16.1 Å². The summed E-state index contributed by atoms with van der Waals surface area (Å²) in [6.07, 6.45) is 0.778. The minimum absolute atomic E-state index is 0.0258. The van der Waals surface area contributed by atoms with Crippen LogP contribution in [0.5, 0.6) is 0 Å². The van der Waals surface area contributed by atoms with Gasteiger partial charge in [0.2, 0.25) is 0 Å². The molecule has 1 fully saturated rings. The molecule has 2 heterocycles. The van der Waals surface area contributed by atoms with E-state index in [9.17, 15) is 14.4 Å². The van der Waals surface area contributed by atoms with Crippen molar-refractivity contribution < 1.29 is 4.79 Å². The summed E-state index contributed by atoms with van der Waals surface area (Å²) < 4.78 is 2.58. The molecule has 7 heteroatoms. The average molecular weight is 370 g/mol. The maximum absolute atomic E-state index is 12.9. The van der Waals surface area contributed by atoms with Crippen LogP contribution in [0.4, 0.5) is 5.82 Å². The molecule has 1 aromatic heterocycles. The summed E-state index contributed by atoms with van der Waals surface area (Å²) in [4.78, 5) is 40.9. The van der Waals surface area contributed by atoms with Crippen molar-refractivity contribution in [1.29, 1.82) is 0 Å². The Labute approximate surface area is 158 Å². The van der Waals surface area contributed by atoms with Crippen LogP contribution >= 0.6 is 0 Å². The minimum Gasteiger partial charge on any atom is -0.356 e. The van der Waals surface area contributed by atoms with Crippen molar-refractivity contribution in [3.05, 3.63) is 61.8 Å². The molecule has 1 amide bonds. The lowest BCUT2D eigenvalue weighted by atomic mass is 10.1. The van der Waals surface area contributed by atoms with E-state index in [2.05, 4.69) is 0 Å². The quantitative estimate of drug-likeness (QED) is 0.793. The number of hydrogen-bond acceptors (Lipinski definition) is 4. The molecule has 0 bridgehead atoms. The third kappa shape index (κ3) is 3.67. The van der Waals surface area contributed by atoms with Crippen molar-refractivity contribution in [2.24, 2.45) is 14.1 Å². The van der Waals surface area contributed by atoms with E-state index in [1.54, 1.807) is 7.05 Å². The van der Waals surface area contributed by atoms with Crippen LogP contribution in [0.1, 0.15) is 27.9 Å². The van der Waals surface area contributed by atoms with Crippen LogP contribution in [0.2, 0.25) is 0 Å². The van der Waals surface area contributed by atoms with Crippen molar-refractivity contribution in [3.8, 4) is 0 Å². The molecule has 1 aliphatic rings. The fourth-order valence-corrected chi connectivity index (χ4v) is 3.43. The van der Waals surface area contributed by atoms with Gasteiger partial charge in [0, 0.05) is 51.9 Å². The largest absolute Gasteiger partial charge is 0.356 e. The van der Waals surface area contributed by atoms with Crippen molar-refractivity contribution in [3.63, 3.8) is 0 Å². The van der Waals surface area contributed by atoms with E-state index in [1.165, 1.54) is 23.2 Å². The van der Waals surface area contributed by atoms with Gasteiger partial charge in [0.05, 0.1) is 0 Å². The number of rotatable bonds is 2. The van der Waals surface area contributed by atoms with Gasteiger partial charge in [-0.15, -0.1) is 0 Å². The maximum Gasteiger partial charge on any atom is 0.332 e. The fourth-order valence-electron chi connectivity index (χ4n) is 3.43. The van der Waals surface area contributed by atoms with Gasteiger partial charge in [-0.3, -0.25) is 18.7 Å². The lowest BCUT2D eigenvalue weighted by molar-refractivity contribution is 0.0767. The molecule has 0 spiro atoms. The molecule has 1 saturated heterocycles. The molecule has 3 rings (SSSR count). The Hall–Kier alpha value is -2.83. The van der Waals surface area contributed by atoms with Crippen molar-refractivity contribution in [1.82, 2.24) is 14.0 Å². The van der Waals surface area contributed by atoms with Crippen molar-refractivity contribution in [2.45, 2.75) is 20.3 Å². The van der Waals surface area contributed by atoms with Gasteiger partial charge in [0.15, 0.2) is 0 Å². The monoisotopic (exact) mass is 370 g/mol. The van der Waals surface area contributed by atoms with Gasteiger partial charge < -0.3 is 9.80 Å². The van der Waals surface area contributed by atoms with Gasteiger partial charge in [-0.1, -0.05) is 6.07 Å². The number of aryl methyl sites for hydroxylation is 2. The van der Waals surface area contributed by atoms with Crippen molar-refractivity contribution >= 4 is 11.7 Å². The zero-order valence-corrected chi connectivity index (χ0v) is 16.4. The molecule has 7 nitrogen and oxygen atoms in total. The second-order valence-electron chi connectivity index (χ2n) is 7.17. The first-order chi connectivity index (χ1) is 12.8. The molecule has 2 aromatic rings. The third-order valence-electron chi connectivity index (χ3n) is 5.36. The van der Waals surface area contributed by atoms with Gasteiger partial charge in [-0.2, -0.15) is 0 Å². The molecule has 0 atom stereocenters. The molecule has 0 saturated carbocycles. The molecule has 1 aliphatic heterocycles. The number of aromatic nitrogens is 2. The summed E-state index contributed by atoms with van der Waals surface area (Å²) in [6, 6.07) is 7.27. The number of carbonyl (C=O) groups excluding carboxylic acids is 1. The van der Waals surface area contributed by atoms with Gasteiger partial charge in [0.25, 0.3) is 11.5 Å². The lowest BCUT2D eigenvalue weighted by Gasteiger charge is -2.25. The van der Waals surface area contributed by atoms with Gasteiger partial charge in [0.1, 0.15) is 5.82 Å². The molecule has 0 unspecified atom stereocenters. The molecule has 0 radical (unpaired) electrons. The highest BCUT2D eigenvalue weighted by atomic mass is 16.2. The van der Waals surface area contributed by atoms with Crippen LogP contribution in [-0.2, 0) is 14.1 Å².